The maximum atomic E-state index is 12.2. The second-order valence-electron chi connectivity index (χ2n) is 5.73. The molecule has 0 fully saturated rings. The minimum Gasteiger partial charge on any atom is -0.494 e. The zero-order valence-electron chi connectivity index (χ0n) is 15.3. The van der Waals surface area contributed by atoms with E-state index in [1.54, 1.807) is 12.1 Å². The monoisotopic (exact) mass is 389 g/mol. The van der Waals surface area contributed by atoms with E-state index in [2.05, 4.69) is 5.32 Å². The number of carboxylic acids is 1. The highest BCUT2D eigenvalue weighted by atomic mass is 32.2. The summed E-state index contributed by atoms with van der Waals surface area (Å²) >= 11 is 1.46. The third-order valence-corrected chi connectivity index (χ3v) is 4.64. The molecule has 2 aromatic carbocycles. The first-order valence-corrected chi connectivity index (χ1v) is 9.56. The van der Waals surface area contributed by atoms with E-state index in [1.807, 2.05) is 50.2 Å². The number of benzene rings is 2. The van der Waals surface area contributed by atoms with Gasteiger partial charge in [-0.05, 0) is 55.8 Å². The molecule has 144 valence electrons. The van der Waals surface area contributed by atoms with E-state index in [0.29, 0.717) is 18.1 Å². The van der Waals surface area contributed by atoms with Gasteiger partial charge in [-0.3, -0.25) is 4.79 Å². The Kier molecular flexibility index (Phi) is 8.00. The lowest BCUT2D eigenvalue weighted by molar-refractivity contribution is -0.139. The van der Waals surface area contributed by atoms with Gasteiger partial charge < -0.3 is 19.9 Å². The van der Waals surface area contributed by atoms with Crippen molar-refractivity contribution in [1.29, 1.82) is 0 Å². The first kappa shape index (κ1) is 20.6. The zero-order chi connectivity index (χ0) is 19.6. The molecule has 0 aromatic heterocycles. The molecule has 6 nitrogen and oxygen atoms in total. The normalized spacial score (nSPS) is 11.5. The highest BCUT2D eigenvalue weighted by Crippen LogP contribution is 2.22. The second-order valence-corrected chi connectivity index (χ2v) is 6.78. The van der Waals surface area contributed by atoms with Crippen molar-refractivity contribution >= 4 is 23.6 Å². The average Bonchev–Trinajstić information content (AvgIpc) is 2.66. The molecule has 1 unspecified atom stereocenters. The van der Waals surface area contributed by atoms with Crippen LogP contribution in [0, 0.1) is 0 Å². The standard InChI is InChI=1S/C20H23NO5S/c1-3-25-16-8-10-18(11-9-16)27-13-19(22)21-14(2)15-4-6-17(7-5-15)26-12-20(23)24/h4-11,14H,3,12-13H2,1-2H3,(H,21,22)(H,23,24). The van der Waals surface area contributed by atoms with E-state index >= 15 is 0 Å². The van der Waals surface area contributed by atoms with Gasteiger partial charge >= 0.3 is 5.97 Å². The van der Waals surface area contributed by atoms with Crippen molar-refractivity contribution in [3.05, 3.63) is 54.1 Å². The van der Waals surface area contributed by atoms with Crippen LogP contribution in [0.3, 0.4) is 0 Å². The van der Waals surface area contributed by atoms with Gasteiger partial charge in [0.15, 0.2) is 6.61 Å². The Hall–Kier alpha value is -2.67. The molecule has 0 radical (unpaired) electrons. The quantitative estimate of drug-likeness (QED) is 0.605. The summed E-state index contributed by atoms with van der Waals surface area (Å²) < 4.78 is 10.5. The first-order valence-electron chi connectivity index (χ1n) is 8.57. The molecule has 7 heteroatoms. The minimum atomic E-state index is -1.02. The summed E-state index contributed by atoms with van der Waals surface area (Å²) in [5.41, 5.74) is 0.914. The molecular weight excluding hydrogens is 366 g/mol. The number of hydrogen-bond acceptors (Lipinski definition) is 5. The van der Waals surface area contributed by atoms with E-state index in [4.69, 9.17) is 14.6 Å². The van der Waals surface area contributed by atoms with Gasteiger partial charge in [0.1, 0.15) is 11.5 Å². The predicted molar refractivity (Wildman–Crippen MR) is 104 cm³/mol. The molecule has 0 aliphatic rings. The number of carboxylic acid groups (broad SMARTS) is 1. The number of ether oxygens (including phenoxy) is 2. The SMILES string of the molecule is CCOc1ccc(SCC(=O)NC(C)c2ccc(OCC(=O)O)cc2)cc1. The fourth-order valence-electron chi connectivity index (χ4n) is 2.31. The fraction of sp³-hybridized carbons (Fsp3) is 0.300. The largest absolute Gasteiger partial charge is 0.494 e. The first-order chi connectivity index (χ1) is 13.0. The van der Waals surface area contributed by atoms with Crippen molar-refractivity contribution < 1.29 is 24.2 Å². The molecule has 2 N–H and O–H groups in total. The van der Waals surface area contributed by atoms with Crippen molar-refractivity contribution in [2.45, 2.75) is 24.8 Å². The van der Waals surface area contributed by atoms with Gasteiger partial charge in [-0.25, -0.2) is 4.79 Å². The van der Waals surface area contributed by atoms with Crippen molar-refractivity contribution in [2.75, 3.05) is 19.0 Å². The topological polar surface area (TPSA) is 84.9 Å². The van der Waals surface area contributed by atoms with Crippen molar-refractivity contribution in [3.63, 3.8) is 0 Å². The van der Waals surface area contributed by atoms with Crippen LogP contribution in [-0.2, 0) is 9.59 Å². The number of thioether (sulfide) groups is 1. The highest BCUT2D eigenvalue weighted by molar-refractivity contribution is 8.00. The van der Waals surface area contributed by atoms with Gasteiger partial charge in [-0.15, -0.1) is 11.8 Å². The molecule has 0 saturated carbocycles. The lowest BCUT2D eigenvalue weighted by Gasteiger charge is -2.15. The summed E-state index contributed by atoms with van der Waals surface area (Å²) in [7, 11) is 0. The number of nitrogens with one attached hydrogen (secondary N) is 1. The lowest BCUT2D eigenvalue weighted by Crippen LogP contribution is -2.28. The van der Waals surface area contributed by atoms with E-state index < -0.39 is 5.97 Å². The number of rotatable bonds is 10. The number of amides is 1. The van der Waals surface area contributed by atoms with Crippen molar-refractivity contribution in [2.24, 2.45) is 0 Å². The molecule has 2 rings (SSSR count). The molecule has 0 saturated heterocycles. The summed E-state index contributed by atoms with van der Waals surface area (Å²) in [6.07, 6.45) is 0. The van der Waals surface area contributed by atoms with Crippen LogP contribution in [0.25, 0.3) is 0 Å². The Morgan fingerprint density at radius 1 is 1.04 bits per heavy atom. The Labute approximate surface area is 162 Å². The smallest absolute Gasteiger partial charge is 0.341 e. The second kappa shape index (κ2) is 10.5. The molecule has 0 heterocycles. The van der Waals surface area contributed by atoms with Gasteiger partial charge in [0, 0.05) is 4.90 Å². The van der Waals surface area contributed by atoms with E-state index in [1.165, 1.54) is 11.8 Å². The average molecular weight is 389 g/mol. The lowest BCUT2D eigenvalue weighted by atomic mass is 10.1. The molecule has 0 aliphatic heterocycles. The molecule has 0 spiro atoms. The number of aliphatic carboxylic acids is 1. The van der Waals surface area contributed by atoms with E-state index in [-0.39, 0.29) is 18.6 Å². The predicted octanol–water partition coefficient (Wildman–Crippen LogP) is 3.52. The van der Waals surface area contributed by atoms with Crippen LogP contribution in [0.4, 0.5) is 0 Å². The van der Waals surface area contributed by atoms with Gasteiger partial charge in [0.25, 0.3) is 0 Å². The molecule has 27 heavy (non-hydrogen) atoms. The van der Waals surface area contributed by atoms with E-state index in [0.717, 1.165) is 16.2 Å². The molecule has 2 aromatic rings. The number of carbonyl (C=O) groups excluding carboxylic acids is 1. The minimum absolute atomic E-state index is 0.0624. The highest BCUT2D eigenvalue weighted by Gasteiger charge is 2.10. The van der Waals surface area contributed by atoms with Crippen LogP contribution in [0.15, 0.2) is 53.4 Å². The summed E-state index contributed by atoms with van der Waals surface area (Å²) in [6, 6.07) is 14.5. The summed E-state index contributed by atoms with van der Waals surface area (Å²) in [5.74, 6) is 0.525. The van der Waals surface area contributed by atoms with Crippen LogP contribution in [-0.4, -0.2) is 35.9 Å². The molecule has 1 amide bonds. The third kappa shape index (κ3) is 7.22. The van der Waals surface area contributed by atoms with Crippen LogP contribution < -0.4 is 14.8 Å². The molecular formula is C20H23NO5S. The van der Waals surface area contributed by atoms with Gasteiger partial charge in [0.2, 0.25) is 5.91 Å². The Bertz CT molecular complexity index is 746. The van der Waals surface area contributed by atoms with Crippen LogP contribution in [0.2, 0.25) is 0 Å². The van der Waals surface area contributed by atoms with Crippen molar-refractivity contribution in [1.82, 2.24) is 5.32 Å². The van der Waals surface area contributed by atoms with Gasteiger partial charge in [-0.2, -0.15) is 0 Å². The summed E-state index contributed by atoms with van der Waals surface area (Å²) in [5, 5.41) is 11.6. The molecule has 1 atom stereocenters. The van der Waals surface area contributed by atoms with Crippen LogP contribution in [0.5, 0.6) is 11.5 Å². The van der Waals surface area contributed by atoms with Gasteiger partial charge in [0.05, 0.1) is 18.4 Å². The maximum absolute atomic E-state index is 12.2. The van der Waals surface area contributed by atoms with Crippen LogP contribution in [0.1, 0.15) is 25.5 Å². The van der Waals surface area contributed by atoms with E-state index in [9.17, 15) is 9.59 Å². The molecule has 0 bridgehead atoms. The van der Waals surface area contributed by atoms with Crippen LogP contribution >= 0.6 is 11.8 Å². The summed E-state index contributed by atoms with van der Waals surface area (Å²) in [6.45, 7) is 4.07. The summed E-state index contributed by atoms with van der Waals surface area (Å²) in [4.78, 5) is 23.7. The Morgan fingerprint density at radius 3 is 2.22 bits per heavy atom. The number of hydrogen-bond donors (Lipinski definition) is 2. The fourth-order valence-corrected chi connectivity index (χ4v) is 3.02. The van der Waals surface area contributed by atoms with Crippen molar-refractivity contribution in [3.8, 4) is 11.5 Å². The Balaban J connectivity index is 1.79. The Morgan fingerprint density at radius 2 is 1.63 bits per heavy atom. The third-order valence-electron chi connectivity index (χ3n) is 3.62. The molecule has 0 aliphatic carbocycles. The maximum Gasteiger partial charge on any atom is 0.341 e. The van der Waals surface area contributed by atoms with Gasteiger partial charge in [-0.1, -0.05) is 12.1 Å². The number of carbonyl (C=O) groups is 2. The zero-order valence-corrected chi connectivity index (χ0v) is 16.1.